The Labute approximate surface area is 138 Å². The summed E-state index contributed by atoms with van der Waals surface area (Å²) in [6.07, 6.45) is 2.11. The number of halogens is 1. The number of urea groups is 1. The summed E-state index contributed by atoms with van der Waals surface area (Å²) in [5, 5.41) is 4.82. The summed E-state index contributed by atoms with van der Waals surface area (Å²) in [6, 6.07) is 9.57. The first-order valence-electron chi connectivity index (χ1n) is 7.66. The van der Waals surface area contributed by atoms with Crippen LogP contribution in [0.1, 0.15) is 17.7 Å². The minimum Gasteiger partial charge on any atom is -0.376 e. The first kappa shape index (κ1) is 16.0. The fraction of sp³-hybridized carbons (Fsp3) is 0.353. The lowest BCUT2D eigenvalue weighted by molar-refractivity contribution is 0.0821. The van der Waals surface area contributed by atoms with Gasteiger partial charge >= 0.3 is 6.03 Å². The second kappa shape index (κ2) is 7.57. The van der Waals surface area contributed by atoms with E-state index < -0.39 is 0 Å². The van der Waals surface area contributed by atoms with Crippen molar-refractivity contribution in [2.45, 2.75) is 25.5 Å². The summed E-state index contributed by atoms with van der Waals surface area (Å²) in [6.45, 7) is 1.87. The smallest absolute Gasteiger partial charge is 0.322 e. The topological polar surface area (TPSA) is 41.6 Å². The molecule has 0 unspecified atom stereocenters. The Kier molecular flexibility index (Phi) is 5.25. The van der Waals surface area contributed by atoms with Crippen molar-refractivity contribution in [2.75, 3.05) is 18.5 Å². The molecule has 1 fully saturated rings. The first-order valence-corrected chi connectivity index (χ1v) is 8.54. The molecule has 4 nitrogen and oxygen atoms in total. The Bertz CT molecular complexity index is 625. The number of hydrogen-bond acceptors (Lipinski definition) is 3. The second-order valence-electron chi connectivity index (χ2n) is 5.53. The first-order chi connectivity index (χ1) is 11.2. The minimum atomic E-state index is -0.321. The van der Waals surface area contributed by atoms with E-state index in [4.69, 9.17) is 4.74 Å². The van der Waals surface area contributed by atoms with Crippen LogP contribution in [-0.2, 0) is 11.3 Å². The fourth-order valence-corrected chi connectivity index (χ4v) is 3.30. The van der Waals surface area contributed by atoms with Crippen molar-refractivity contribution in [3.8, 4) is 0 Å². The van der Waals surface area contributed by atoms with Gasteiger partial charge in [-0.05, 0) is 48.6 Å². The summed E-state index contributed by atoms with van der Waals surface area (Å²) in [7, 11) is 0. The lowest BCUT2D eigenvalue weighted by atomic mass is 10.2. The molecule has 0 spiro atoms. The molecular weight excluding hydrogens is 315 g/mol. The highest BCUT2D eigenvalue weighted by Gasteiger charge is 2.23. The van der Waals surface area contributed by atoms with Crippen molar-refractivity contribution in [3.63, 3.8) is 0 Å². The number of hydrogen-bond donors (Lipinski definition) is 1. The van der Waals surface area contributed by atoms with E-state index in [1.807, 2.05) is 17.5 Å². The van der Waals surface area contributed by atoms with Gasteiger partial charge in [0.2, 0.25) is 0 Å². The fourth-order valence-electron chi connectivity index (χ4n) is 2.58. The largest absolute Gasteiger partial charge is 0.376 e. The maximum absolute atomic E-state index is 13.0. The summed E-state index contributed by atoms with van der Waals surface area (Å²) < 4.78 is 18.6. The van der Waals surface area contributed by atoms with Crippen molar-refractivity contribution >= 4 is 23.1 Å². The molecule has 23 heavy (non-hydrogen) atoms. The zero-order valence-corrected chi connectivity index (χ0v) is 13.5. The normalized spacial score (nSPS) is 17.2. The molecule has 6 heteroatoms. The number of carbonyl (C=O) groups excluding carboxylic acids is 1. The summed E-state index contributed by atoms with van der Waals surface area (Å²) >= 11 is 1.62. The summed E-state index contributed by atoms with van der Waals surface area (Å²) in [5.74, 6) is -0.321. The molecule has 1 atom stereocenters. The Balaban J connectivity index is 1.67. The van der Waals surface area contributed by atoms with Gasteiger partial charge in [-0.2, -0.15) is 0 Å². The summed E-state index contributed by atoms with van der Waals surface area (Å²) in [4.78, 5) is 15.5. The Hall–Kier alpha value is -1.92. The van der Waals surface area contributed by atoms with E-state index in [9.17, 15) is 9.18 Å². The van der Waals surface area contributed by atoms with Crippen molar-refractivity contribution < 1.29 is 13.9 Å². The van der Waals surface area contributed by atoms with E-state index in [1.54, 1.807) is 28.4 Å². The van der Waals surface area contributed by atoms with Crippen LogP contribution in [0, 0.1) is 5.82 Å². The molecule has 0 aliphatic carbocycles. The van der Waals surface area contributed by atoms with Gasteiger partial charge in [0.1, 0.15) is 5.82 Å². The molecule has 0 bridgehead atoms. The minimum absolute atomic E-state index is 0.0916. The van der Waals surface area contributed by atoms with Crippen LogP contribution in [0.2, 0.25) is 0 Å². The van der Waals surface area contributed by atoms with Crippen LogP contribution >= 0.6 is 11.3 Å². The van der Waals surface area contributed by atoms with Gasteiger partial charge in [0.15, 0.2) is 0 Å². The molecule has 1 aromatic carbocycles. The van der Waals surface area contributed by atoms with Crippen molar-refractivity contribution in [2.24, 2.45) is 0 Å². The highest BCUT2D eigenvalue weighted by Crippen LogP contribution is 2.18. The van der Waals surface area contributed by atoms with Crippen LogP contribution in [0.25, 0.3) is 0 Å². The third-order valence-corrected chi connectivity index (χ3v) is 4.62. The third-order valence-electron chi connectivity index (χ3n) is 3.76. The SMILES string of the molecule is O=C(Nc1ccc(F)cc1)N(Cc1cccs1)C[C@H]1CCCO1. The van der Waals surface area contributed by atoms with Crippen LogP contribution in [0.3, 0.4) is 0 Å². The predicted octanol–water partition coefficient (Wildman–Crippen LogP) is 4.10. The average molecular weight is 334 g/mol. The predicted molar refractivity (Wildman–Crippen MR) is 89.1 cm³/mol. The van der Waals surface area contributed by atoms with Gasteiger partial charge in [-0.25, -0.2) is 9.18 Å². The Morgan fingerprint density at radius 2 is 2.17 bits per heavy atom. The molecule has 1 aliphatic rings. The molecule has 122 valence electrons. The molecule has 2 amide bonds. The molecule has 1 aromatic heterocycles. The number of anilines is 1. The zero-order valence-electron chi connectivity index (χ0n) is 12.7. The van der Waals surface area contributed by atoms with Gasteiger partial charge in [0, 0.05) is 23.7 Å². The van der Waals surface area contributed by atoms with Crippen molar-refractivity contribution in [1.29, 1.82) is 0 Å². The van der Waals surface area contributed by atoms with Crippen LogP contribution in [0.4, 0.5) is 14.9 Å². The van der Waals surface area contributed by atoms with Crippen LogP contribution in [-0.4, -0.2) is 30.2 Å². The van der Waals surface area contributed by atoms with E-state index in [2.05, 4.69) is 5.32 Å². The Morgan fingerprint density at radius 3 is 2.83 bits per heavy atom. The lowest BCUT2D eigenvalue weighted by Gasteiger charge is -2.25. The van der Waals surface area contributed by atoms with E-state index in [-0.39, 0.29) is 18.0 Å². The number of carbonyl (C=O) groups is 1. The van der Waals surface area contributed by atoms with Crippen LogP contribution in [0.5, 0.6) is 0 Å². The number of amides is 2. The number of nitrogens with one attached hydrogen (secondary N) is 1. The molecule has 3 rings (SSSR count). The van der Waals surface area contributed by atoms with Gasteiger partial charge in [0.25, 0.3) is 0 Å². The molecular formula is C17H19FN2O2S. The van der Waals surface area contributed by atoms with E-state index in [0.717, 1.165) is 24.3 Å². The van der Waals surface area contributed by atoms with Gasteiger partial charge in [-0.1, -0.05) is 6.07 Å². The third kappa shape index (κ3) is 4.53. The Morgan fingerprint density at radius 1 is 1.35 bits per heavy atom. The molecule has 2 aromatic rings. The molecule has 1 aliphatic heterocycles. The average Bonchev–Trinajstić information content (AvgIpc) is 3.22. The molecule has 1 N–H and O–H groups in total. The maximum Gasteiger partial charge on any atom is 0.322 e. The standard InChI is InChI=1S/C17H19FN2O2S/c18-13-5-7-14(8-6-13)19-17(21)20(11-15-3-1-9-22-15)12-16-4-2-10-23-16/h2,4-8,10,15H,1,3,9,11-12H2,(H,19,21)/t15-/m1/s1. The number of rotatable bonds is 5. The van der Waals surface area contributed by atoms with Crippen molar-refractivity contribution in [3.05, 3.63) is 52.5 Å². The number of thiophene rings is 1. The quantitative estimate of drug-likeness (QED) is 0.894. The molecule has 1 saturated heterocycles. The monoisotopic (exact) mass is 334 g/mol. The van der Waals surface area contributed by atoms with Gasteiger partial charge in [-0.15, -0.1) is 11.3 Å². The van der Waals surface area contributed by atoms with Crippen molar-refractivity contribution in [1.82, 2.24) is 4.90 Å². The van der Waals surface area contributed by atoms with Crippen LogP contribution < -0.4 is 5.32 Å². The highest BCUT2D eigenvalue weighted by atomic mass is 32.1. The second-order valence-corrected chi connectivity index (χ2v) is 6.56. The van der Waals surface area contributed by atoms with E-state index in [0.29, 0.717) is 18.8 Å². The molecule has 2 heterocycles. The summed E-state index contributed by atoms with van der Waals surface area (Å²) in [5.41, 5.74) is 0.583. The van der Waals surface area contributed by atoms with Crippen LogP contribution in [0.15, 0.2) is 41.8 Å². The zero-order chi connectivity index (χ0) is 16.1. The number of nitrogens with zero attached hydrogens (tertiary/aromatic N) is 1. The van der Waals surface area contributed by atoms with Gasteiger partial charge < -0.3 is 15.0 Å². The molecule has 0 saturated carbocycles. The number of benzene rings is 1. The van der Waals surface area contributed by atoms with E-state index in [1.165, 1.54) is 12.1 Å². The number of ether oxygens (including phenoxy) is 1. The maximum atomic E-state index is 13.0. The molecule has 0 radical (unpaired) electrons. The van der Waals surface area contributed by atoms with Gasteiger partial charge in [0.05, 0.1) is 12.6 Å². The van der Waals surface area contributed by atoms with Gasteiger partial charge in [-0.3, -0.25) is 0 Å². The highest BCUT2D eigenvalue weighted by molar-refractivity contribution is 7.09. The lowest BCUT2D eigenvalue weighted by Crippen LogP contribution is -2.39. The van der Waals surface area contributed by atoms with E-state index >= 15 is 0 Å².